The number of nitrogens with one attached hydrogen (secondary N) is 1. The average molecular weight is 309 g/mol. The van der Waals surface area contributed by atoms with Crippen LogP contribution in [0.15, 0.2) is 28.7 Å². The van der Waals surface area contributed by atoms with E-state index in [9.17, 15) is 0 Å². The molecule has 1 atom stereocenters. The largest absolute Gasteiger partial charge is 0.317 e. The number of aromatic nitrogens is 3. The maximum absolute atomic E-state index is 4.14. The van der Waals surface area contributed by atoms with Gasteiger partial charge in [-0.25, -0.2) is 0 Å². The first-order chi connectivity index (χ1) is 8.58. The van der Waals surface area contributed by atoms with Gasteiger partial charge in [0, 0.05) is 17.6 Å². The maximum atomic E-state index is 4.14. The first-order valence-electron chi connectivity index (χ1n) is 5.91. The summed E-state index contributed by atoms with van der Waals surface area (Å²) in [4.78, 5) is 0. The Hall–Kier alpha value is -1.20. The molecule has 0 radical (unpaired) electrons. The molecule has 0 saturated carbocycles. The van der Waals surface area contributed by atoms with Crippen LogP contribution in [-0.2, 0) is 13.6 Å². The van der Waals surface area contributed by atoms with Crippen LogP contribution >= 0.6 is 15.9 Å². The second-order valence-electron chi connectivity index (χ2n) is 4.38. The van der Waals surface area contributed by atoms with E-state index in [1.165, 1.54) is 5.56 Å². The van der Waals surface area contributed by atoms with Gasteiger partial charge in [-0.3, -0.25) is 0 Å². The van der Waals surface area contributed by atoms with Crippen LogP contribution in [0.5, 0.6) is 0 Å². The molecule has 1 heterocycles. The quantitative estimate of drug-likeness (QED) is 0.944. The number of halogens is 1. The van der Waals surface area contributed by atoms with Crippen LogP contribution in [0.25, 0.3) is 0 Å². The lowest BCUT2D eigenvalue weighted by molar-refractivity contribution is 0.547. The summed E-state index contributed by atoms with van der Waals surface area (Å²) in [5.41, 5.74) is 1.26. The van der Waals surface area contributed by atoms with E-state index in [0.717, 1.165) is 16.1 Å². The van der Waals surface area contributed by atoms with E-state index in [1.54, 1.807) is 0 Å². The fraction of sp³-hybridized carbons (Fsp3) is 0.385. The normalized spacial score (nSPS) is 12.7. The fourth-order valence-corrected chi connectivity index (χ4v) is 1.98. The van der Waals surface area contributed by atoms with Crippen molar-refractivity contribution in [2.24, 2.45) is 7.05 Å². The summed E-state index contributed by atoms with van der Waals surface area (Å²) in [6.45, 7) is 4.82. The number of nitrogens with zero attached hydrogens (tertiary/aromatic N) is 3. The van der Waals surface area contributed by atoms with E-state index >= 15 is 0 Å². The lowest BCUT2D eigenvalue weighted by atomic mass is 10.1. The zero-order valence-corrected chi connectivity index (χ0v) is 12.4. The molecule has 96 valence electrons. The van der Waals surface area contributed by atoms with E-state index in [4.69, 9.17) is 0 Å². The van der Waals surface area contributed by atoms with Gasteiger partial charge in [0.05, 0.1) is 6.54 Å². The molecule has 0 fully saturated rings. The Morgan fingerprint density at radius 2 is 1.94 bits per heavy atom. The minimum Gasteiger partial charge on any atom is -0.317 e. The molecule has 0 amide bonds. The van der Waals surface area contributed by atoms with Gasteiger partial charge in [-0.1, -0.05) is 28.1 Å². The summed E-state index contributed by atoms with van der Waals surface area (Å²) >= 11 is 3.44. The Labute approximate surface area is 116 Å². The van der Waals surface area contributed by atoms with E-state index < -0.39 is 0 Å². The Kier molecular flexibility index (Phi) is 4.14. The molecule has 0 aliphatic heterocycles. The standard InChI is InChI=1S/C13H17BrN4/c1-9(11-4-6-12(14)7-5-11)15-8-13-17-16-10(2)18(13)3/h4-7,9,15H,8H2,1-3H3/t9-/m0/s1. The van der Waals surface area contributed by atoms with Gasteiger partial charge in [-0.2, -0.15) is 0 Å². The first kappa shape index (κ1) is 13.2. The van der Waals surface area contributed by atoms with Crippen molar-refractivity contribution >= 4 is 15.9 Å². The lowest BCUT2D eigenvalue weighted by Crippen LogP contribution is -2.20. The van der Waals surface area contributed by atoms with E-state index in [-0.39, 0.29) is 6.04 Å². The van der Waals surface area contributed by atoms with E-state index in [2.05, 4.69) is 62.6 Å². The number of hydrogen-bond donors (Lipinski definition) is 1. The highest BCUT2D eigenvalue weighted by atomic mass is 79.9. The van der Waals surface area contributed by atoms with Gasteiger partial charge in [0.2, 0.25) is 0 Å². The summed E-state index contributed by atoms with van der Waals surface area (Å²) in [7, 11) is 1.98. The minimum absolute atomic E-state index is 0.287. The minimum atomic E-state index is 0.287. The SMILES string of the molecule is Cc1nnc(CN[C@@H](C)c2ccc(Br)cc2)n1C. The molecular formula is C13H17BrN4. The molecule has 1 N–H and O–H groups in total. The number of rotatable bonds is 4. The molecule has 4 nitrogen and oxygen atoms in total. The van der Waals surface area contributed by atoms with Crippen LogP contribution in [0.2, 0.25) is 0 Å². The highest BCUT2D eigenvalue weighted by molar-refractivity contribution is 9.10. The molecule has 0 unspecified atom stereocenters. The van der Waals surface area contributed by atoms with E-state index in [1.807, 2.05) is 18.5 Å². The van der Waals surface area contributed by atoms with Gasteiger partial charge in [0.15, 0.2) is 0 Å². The van der Waals surface area contributed by atoms with Crippen LogP contribution in [0.4, 0.5) is 0 Å². The predicted octanol–water partition coefficient (Wildman–Crippen LogP) is 2.74. The van der Waals surface area contributed by atoms with Crippen molar-refractivity contribution in [1.82, 2.24) is 20.1 Å². The Balaban J connectivity index is 1.98. The van der Waals surface area contributed by atoms with Crippen molar-refractivity contribution < 1.29 is 0 Å². The van der Waals surface area contributed by atoms with E-state index in [0.29, 0.717) is 6.54 Å². The zero-order valence-electron chi connectivity index (χ0n) is 10.8. The number of benzene rings is 1. The highest BCUT2D eigenvalue weighted by Crippen LogP contribution is 2.16. The molecule has 0 aliphatic rings. The van der Waals surface area contributed by atoms with Crippen LogP contribution in [0.1, 0.15) is 30.2 Å². The van der Waals surface area contributed by atoms with Crippen molar-refractivity contribution in [3.8, 4) is 0 Å². The molecule has 0 bridgehead atoms. The highest BCUT2D eigenvalue weighted by Gasteiger charge is 2.08. The Morgan fingerprint density at radius 1 is 1.28 bits per heavy atom. The molecular weight excluding hydrogens is 292 g/mol. The lowest BCUT2D eigenvalue weighted by Gasteiger charge is -2.14. The molecule has 18 heavy (non-hydrogen) atoms. The van der Waals surface area contributed by atoms with Gasteiger partial charge >= 0.3 is 0 Å². The van der Waals surface area contributed by atoms with Gasteiger partial charge in [-0.05, 0) is 31.5 Å². The third-order valence-corrected chi connectivity index (χ3v) is 3.65. The molecule has 1 aromatic heterocycles. The summed E-state index contributed by atoms with van der Waals surface area (Å²) in [6.07, 6.45) is 0. The zero-order chi connectivity index (χ0) is 13.1. The molecule has 2 rings (SSSR count). The summed E-state index contributed by atoms with van der Waals surface area (Å²) < 4.78 is 3.10. The fourth-order valence-electron chi connectivity index (χ4n) is 1.72. The van der Waals surface area contributed by atoms with Crippen molar-refractivity contribution in [2.45, 2.75) is 26.4 Å². The van der Waals surface area contributed by atoms with Crippen molar-refractivity contribution in [3.05, 3.63) is 46.0 Å². The predicted molar refractivity (Wildman–Crippen MR) is 75.1 cm³/mol. The molecule has 0 aliphatic carbocycles. The van der Waals surface area contributed by atoms with Gasteiger partial charge < -0.3 is 9.88 Å². The van der Waals surface area contributed by atoms with Crippen LogP contribution in [0.3, 0.4) is 0 Å². The Bertz CT molecular complexity index is 518. The second kappa shape index (κ2) is 5.63. The maximum Gasteiger partial charge on any atom is 0.146 e. The Morgan fingerprint density at radius 3 is 2.50 bits per heavy atom. The van der Waals surface area contributed by atoms with Crippen molar-refractivity contribution in [3.63, 3.8) is 0 Å². The number of hydrogen-bond acceptors (Lipinski definition) is 3. The van der Waals surface area contributed by atoms with Gasteiger partial charge in [0.25, 0.3) is 0 Å². The topological polar surface area (TPSA) is 42.7 Å². The van der Waals surface area contributed by atoms with Crippen LogP contribution in [0, 0.1) is 6.92 Å². The van der Waals surface area contributed by atoms with Crippen molar-refractivity contribution in [1.29, 1.82) is 0 Å². The first-order valence-corrected chi connectivity index (χ1v) is 6.71. The van der Waals surface area contributed by atoms with Gasteiger partial charge in [0.1, 0.15) is 11.6 Å². The third kappa shape index (κ3) is 2.97. The second-order valence-corrected chi connectivity index (χ2v) is 5.29. The average Bonchev–Trinajstić information content (AvgIpc) is 2.68. The molecule has 1 aromatic carbocycles. The molecule has 0 saturated heterocycles. The summed E-state index contributed by atoms with van der Waals surface area (Å²) in [5.74, 6) is 1.89. The molecule has 0 spiro atoms. The van der Waals surface area contributed by atoms with Crippen molar-refractivity contribution in [2.75, 3.05) is 0 Å². The van der Waals surface area contributed by atoms with Crippen LogP contribution in [-0.4, -0.2) is 14.8 Å². The molecule has 5 heteroatoms. The monoisotopic (exact) mass is 308 g/mol. The number of aryl methyl sites for hydroxylation is 1. The molecule has 2 aromatic rings. The smallest absolute Gasteiger partial charge is 0.146 e. The van der Waals surface area contributed by atoms with Gasteiger partial charge in [-0.15, -0.1) is 10.2 Å². The summed E-state index contributed by atoms with van der Waals surface area (Å²) in [5, 5.41) is 11.6. The summed E-state index contributed by atoms with van der Waals surface area (Å²) in [6, 6.07) is 8.63. The third-order valence-electron chi connectivity index (χ3n) is 3.12. The van der Waals surface area contributed by atoms with Crippen LogP contribution < -0.4 is 5.32 Å².